The Bertz CT molecular complexity index is 138. The summed E-state index contributed by atoms with van der Waals surface area (Å²) in [5, 5.41) is 8.54. The SMILES string of the molecule is CCCCC(C)CCCO.CCOC(C)=O. The van der Waals surface area contributed by atoms with E-state index < -0.39 is 0 Å². The molecule has 0 aromatic heterocycles. The van der Waals surface area contributed by atoms with E-state index in [0.717, 1.165) is 12.3 Å². The van der Waals surface area contributed by atoms with Crippen LogP contribution in [0.25, 0.3) is 0 Å². The number of carbonyl (C=O) groups excluding carboxylic acids is 1. The molecule has 3 heteroatoms. The third-order valence-electron chi connectivity index (χ3n) is 2.25. The summed E-state index contributed by atoms with van der Waals surface area (Å²) in [6.07, 6.45) is 6.13. The molecule has 98 valence electrons. The summed E-state index contributed by atoms with van der Waals surface area (Å²) in [6, 6.07) is 0. The molecule has 16 heavy (non-hydrogen) atoms. The lowest BCUT2D eigenvalue weighted by atomic mass is 9.99. The van der Waals surface area contributed by atoms with Crippen molar-refractivity contribution in [1.29, 1.82) is 0 Å². The fraction of sp³-hybridized carbons (Fsp3) is 0.923. The highest BCUT2D eigenvalue weighted by Gasteiger charge is 1.99. The van der Waals surface area contributed by atoms with Gasteiger partial charge in [0.1, 0.15) is 0 Å². The molecule has 0 aliphatic heterocycles. The van der Waals surface area contributed by atoms with Crippen LogP contribution in [0.3, 0.4) is 0 Å². The molecule has 0 aliphatic rings. The number of rotatable bonds is 7. The minimum Gasteiger partial charge on any atom is -0.466 e. The molecule has 0 spiro atoms. The van der Waals surface area contributed by atoms with E-state index in [4.69, 9.17) is 5.11 Å². The maximum atomic E-state index is 9.82. The molecule has 0 rings (SSSR count). The van der Waals surface area contributed by atoms with E-state index in [1.165, 1.54) is 32.6 Å². The molecule has 3 nitrogen and oxygen atoms in total. The van der Waals surface area contributed by atoms with E-state index in [-0.39, 0.29) is 5.97 Å². The standard InChI is InChI=1S/C9H20O.C4H8O2/c1-3-4-6-9(2)7-5-8-10;1-3-6-4(2)5/h9-10H,3-8H2,1-2H3;3H2,1-2H3. The number of aliphatic hydroxyl groups excluding tert-OH is 1. The van der Waals surface area contributed by atoms with Crippen LogP contribution < -0.4 is 0 Å². The number of carbonyl (C=O) groups is 1. The van der Waals surface area contributed by atoms with Crippen LogP contribution in [0.5, 0.6) is 0 Å². The Morgan fingerprint density at radius 3 is 2.12 bits per heavy atom. The van der Waals surface area contributed by atoms with E-state index >= 15 is 0 Å². The minimum atomic E-state index is -0.211. The molecule has 0 radical (unpaired) electrons. The second-order valence-corrected chi connectivity index (χ2v) is 4.04. The largest absolute Gasteiger partial charge is 0.466 e. The zero-order valence-corrected chi connectivity index (χ0v) is 11.3. The van der Waals surface area contributed by atoms with Crippen LogP contribution in [0.15, 0.2) is 0 Å². The predicted octanol–water partition coefficient (Wildman–Crippen LogP) is 3.15. The maximum absolute atomic E-state index is 9.82. The van der Waals surface area contributed by atoms with Crippen LogP contribution in [0, 0.1) is 5.92 Å². The Kier molecular flexibility index (Phi) is 16.1. The van der Waals surface area contributed by atoms with Gasteiger partial charge in [0.15, 0.2) is 0 Å². The van der Waals surface area contributed by atoms with Crippen LogP contribution in [-0.4, -0.2) is 24.3 Å². The third-order valence-corrected chi connectivity index (χ3v) is 2.25. The maximum Gasteiger partial charge on any atom is 0.302 e. The van der Waals surface area contributed by atoms with Crippen LogP contribution in [0.1, 0.15) is 59.8 Å². The number of esters is 1. The Hall–Kier alpha value is -0.570. The molecule has 0 bridgehead atoms. The monoisotopic (exact) mass is 232 g/mol. The molecule has 0 saturated heterocycles. The average Bonchev–Trinajstić information content (AvgIpc) is 2.24. The molecule has 1 atom stereocenters. The van der Waals surface area contributed by atoms with Crippen molar-refractivity contribution in [2.24, 2.45) is 5.92 Å². The van der Waals surface area contributed by atoms with Gasteiger partial charge in [-0.05, 0) is 25.7 Å². The van der Waals surface area contributed by atoms with Gasteiger partial charge in [-0.3, -0.25) is 4.79 Å². The molecule has 1 N–H and O–H groups in total. The average molecular weight is 232 g/mol. The lowest BCUT2D eigenvalue weighted by Crippen LogP contribution is -1.95. The molecule has 1 unspecified atom stereocenters. The first-order valence-corrected chi connectivity index (χ1v) is 6.32. The zero-order valence-electron chi connectivity index (χ0n) is 11.3. The normalized spacial score (nSPS) is 11.3. The highest BCUT2D eigenvalue weighted by molar-refractivity contribution is 5.65. The van der Waals surface area contributed by atoms with Crippen molar-refractivity contribution in [3.05, 3.63) is 0 Å². The van der Waals surface area contributed by atoms with Crippen LogP contribution in [-0.2, 0) is 9.53 Å². The van der Waals surface area contributed by atoms with Gasteiger partial charge >= 0.3 is 5.97 Å². The van der Waals surface area contributed by atoms with Gasteiger partial charge in [0.2, 0.25) is 0 Å². The Morgan fingerprint density at radius 2 is 1.81 bits per heavy atom. The topological polar surface area (TPSA) is 46.5 Å². The Labute approximate surface area is 100 Å². The van der Waals surface area contributed by atoms with Gasteiger partial charge in [0.05, 0.1) is 6.61 Å². The lowest BCUT2D eigenvalue weighted by Gasteiger charge is -2.08. The van der Waals surface area contributed by atoms with Gasteiger partial charge in [0, 0.05) is 13.5 Å². The first-order chi connectivity index (χ1) is 7.58. The minimum absolute atomic E-state index is 0.211. The number of ether oxygens (including phenoxy) is 1. The van der Waals surface area contributed by atoms with E-state index in [1.54, 1.807) is 6.92 Å². The van der Waals surface area contributed by atoms with Crippen molar-refractivity contribution < 1.29 is 14.6 Å². The molecular weight excluding hydrogens is 204 g/mol. The van der Waals surface area contributed by atoms with E-state index in [9.17, 15) is 4.79 Å². The summed E-state index contributed by atoms with van der Waals surface area (Å²) in [5.74, 6) is 0.601. The van der Waals surface area contributed by atoms with Crippen molar-refractivity contribution in [2.75, 3.05) is 13.2 Å². The van der Waals surface area contributed by atoms with Crippen LogP contribution >= 0.6 is 0 Å². The van der Waals surface area contributed by atoms with Crippen LogP contribution in [0.2, 0.25) is 0 Å². The first-order valence-electron chi connectivity index (χ1n) is 6.32. The summed E-state index contributed by atoms with van der Waals surface area (Å²) >= 11 is 0. The van der Waals surface area contributed by atoms with Gasteiger partial charge < -0.3 is 9.84 Å². The highest BCUT2D eigenvalue weighted by atomic mass is 16.5. The summed E-state index contributed by atoms with van der Waals surface area (Å²) in [6.45, 7) is 8.50. The predicted molar refractivity (Wildman–Crippen MR) is 67.3 cm³/mol. The highest BCUT2D eigenvalue weighted by Crippen LogP contribution is 2.12. The molecular formula is C13H28O3. The van der Waals surface area contributed by atoms with Crippen molar-refractivity contribution in [3.8, 4) is 0 Å². The molecule has 0 saturated carbocycles. The fourth-order valence-corrected chi connectivity index (χ4v) is 1.34. The number of aliphatic hydroxyl groups is 1. The summed E-state index contributed by atoms with van der Waals surface area (Å²) in [4.78, 5) is 9.82. The van der Waals surface area contributed by atoms with Crippen molar-refractivity contribution in [1.82, 2.24) is 0 Å². The van der Waals surface area contributed by atoms with Gasteiger partial charge in [-0.2, -0.15) is 0 Å². The first kappa shape index (κ1) is 17.8. The molecule has 0 aromatic rings. The van der Waals surface area contributed by atoms with Gasteiger partial charge in [0.25, 0.3) is 0 Å². The molecule has 0 heterocycles. The summed E-state index contributed by atoms with van der Waals surface area (Å²) in [7, 11) is 0. The Balaban J connectivity index is 0. The van der Waals surface area contributed by atoms with Gasteiger partial charge in [-0.15, -0.1) is 0 Å². The molecule has 0 fully saturated rings. The second kappa shape index (κ2) is 14.4. The van der Waals surface area contributed by atoms with Crippen molar-refractivity contribution in [2.45, 2.75) is 59.8 Å². The van der Waals surface area contributed by atoms with Crippen LogP contribution in [0.4, 0.5) is 0 Å². The zero-order chi connectivity index (χ0) is 12.8. The lowest BCUT2D eigenvalue weighted by molar-refractivity contribution is -0.140. The summed E-state index contributed by atoms with van der Waals surface area (Å²) in [5.41, 5.74) is 0. The number of hydrogen-bond acceptors (Lipinski definition) is 3. The van der Waals surface area contributed by atoms with Gasteiger partial charge in [-0.25, -0.2) is 0 Å². The Morgan fingerprint density at radius 1 is 1.25 bits per heavy atom. The van der Waals surface area contributed by atoms with Crippen molar-refractivity contribution >= 4 is 5.97 Å². The smallest absolute Gasteiger partial charge is 0.302 e. The van der Waals surface area contributed by atoms with E-state index in [0.29, 0.717) is 13.2 Å². The van der Waals surface area contributed by atoms with E-state index in [2.05, 4.69) is 18.6 Å². The van der Waals surface area contributed by atoms with E-state index in [1.807, 2.05) is 0 Å². The summed E-state index contributed by atoms with van der Waals surface area (Å²) < 4.78 is 4.40. The second-order valence-electron chi connectivity index (χ2n) is 4.04. The molecule has 0 aliphatic carbocycles. The third kappa shape index (κ3) is 19.1. The van der Waals surface area contributed by atoms with Gasteiger partial charge in [-0.1, -0.05) is 33.1 Å². The number of unbranched alkanes of at least 4 members (excludes halogenated alkanes) is 1. The molecule has 0 amide bonds. The number of hydrogen-bond donors (Lipinski definition) is 1. The fourth-order valence-electron chi connectivity index (χ4n) is 1.34. The van der Waals surface area contributed by atoms with Crippen molar-refractivity contribution in [3.63, 3.8) is 0 Å². The molecule has 0 aromatic carbocycles. The quantitative estimate of drug-likeness (QED) is 0.686.